The summed E-state index contributed by atoms with van der Waals surface area (Å²) in [5.41, 5.74) is 2.78. The lowest BCUT2D eigenvalue weighted by Crippen LogP contribution is -1.87. The van der Waals surface area contributed by atoms with E-state index in [9.17, 15) is 4.39 Å². The Balaban J connectivity index is 2.18. The van der Waals surface area contributed by atoms with Crippen LogP contribution in [0.3, 0.4) is 0 Å². The summed E-state index contributed by atoms with van der Waals surface area (Å²) >= 11 is 0. The molecule has 2 nitrogen and oxygen atoms in total. The van der Waals surface area contributed by atoms with Crippen LogP contribution in [0, 0.1) is 5.82 Å². The highest BCUT2D eigenvalue weighted by Crippen LogP contribution is 2.30. The fourth-order valence-electron chi connectivity index (χ4n) is 2.01. The van der Waals surface area contributed by atoms with Crippen LogP contribution in [-0.4, -0.2) is 9.97 Å². The van der Waals surface area contributed by atoms with Crippen LogP contribution in [0.15, 0.2) is 60.9 Å². The van der Waals surface area contributed by atoms with Crippen LogP contribution in [0.4, 0.5) is 4.39 Å². The fraction of sp³-hybridized carbons (Fsp3) is 0. The predicted molar refractivity (Wildman–Crippen MR) is 69.4 cm³/mol. The zero-order valence-corrected chi connectivity index (χ0v) is 9.60. The molecular weight excluding hydrogens is 227 g/mol. The Morgan fingerprint density at radius 3 is 2.50 bits per heavy atom. The Hall–Kier alpha value is -2.42. The summed E-state index contributed by atoms with van der Waals surface area (Å²) in [4.78, 5) is 7.32. The Morgan fingerprint density at radius 2 is 1.78 bits per heavy atom. The summed E-state index contributed by atoms with van der Waals surface area (Å²) in [5, 5.41) is 0. The molecule has 0 fully saturated rings. The summed E-state index contributed by atoms with van der Waals surface area (Å²) in [6.45, 7) is 0. The van der Waals surface area contributed by atoms with E-state index in [1.54, 1.807) is 18.5 Å². The van der Waals surface area contributed by atoms with Gasteiger partial charge in [-0.2, -0.15) is 0 Å². The molecule has 0 atom stereocenters. The molecule has 0 unspecified atom stereocenters. The van der Waals surface area contributed by atoms with E-state index in [4.69, 9.17) is 0 Å². The minimum absolute atomic E-state index is 0.234. The van der Waals surface area contributed by atoms with Crippen molar-refractivity contribution in [2.75, 3.05) is 0 Å². The van der Waals surface area contributed by atoms with Crippen LogP contribution in [-0.2, 0) is 0 Å². The van der Waals surface area contributed by atoms with Gasteiger partial charge in [-0.15, -0.1) is 0 Å². The topological polar surface area (TPSA) is 28.7 Å². The highest BCUT2D eigenvalue weighted by atomic mass is 19.1. The number of benzene rings is 2. The smallest absolute Gasteiger partial charge is 0.137 e. The average molecular weight is 238 g/mol. The molecule has 0 aliphatic heterocycles. The number of nitrogens with one attached hydrogen (secondary N) is 1. The van der Waals surface area contributed by atoms with Crippen molar-refractivity contribution >= 4 is 0 Å². The van der Waals surface area contributed by atoms with Crippen molar-refractivity contribution in [2.45, 2.75) is 0 Å². The summed E-state index contributed by atoms with van der Waals surface area (Å²) in [7, 11) is 0. The Labute approximate surface area is 104 Å². The van der Waals surface area contributed by atoms with E-state index in [2.05, 4.69) is 9.97 Å². The molecule has 0 aliphatic carbocycles. The lowest BCUT2D eigenvalue weighted by Gasteiger charge is -2.07. The Bertz CT molecular complexity index is 660. The van der Waals surface area contributed by atoms with E-state index >= 15 is 0 Å². The third-order valence-corrected chi connectivity index (χ3v) is 2.82. The molecule has 0 saturated carbocycles. The number of H-pyrrole nitrogens is 1. The first-order chi connectivity index (χ1) is 8.84. The molecule has 3 rings (SSSR count). The van der Waals surface area contributed by atoms with Gasteiger partial charge in [-0.25, -0.2) is 9.37 Å². The van der Waals surface area contributed by atoms with Crippen molar-refractivity contribution in [3.05, 3.63) is 66.7 Å². The molecule has 3 heteroatoms. The predicted octanol–water partition coefficient (Wildman–Crippen LogP) is 3.88. The average Bonchev–Trinajstić information content (AvgIpc) is 2.92. The maximum atomic E-state index is 13.3. The molecule has 88 valence electrons. The number of imidazole rings is 1. The minimum atomic E-state index is -0.234. The molecule has 1 aromatic heterocycles. The summed E-state index contributed by atoms with van der Waals surface area (Å²) < 4.78 is 13.3. The van der Waals surface area contributed by atoms with Crippen LogP contribution in [0.1, 0.15) is 0 Å². The molecule has 18 heavy (non-hydrogen) atoms. The maximum absolute atomic E-state index is 13.3. The number of rotatable bonds is 2. The van der Waals surface area contributed by atoms with Gasteiger partial charge in [0.1, 0.15) is 11.6 Å². The largest absolute Gasteiger partial charge is 0.345 e. The standard InChI is InChI=1S/C15H11FN2/c16-12-5-3-4-11(10-12)13-6-1-2-7-14(13)15-17-8-9-18-15/h1-10H,(H,17,18). The number of hydrogen-bond acceptors (Lipinski definition) is 1. The van der Waals surface area contributed by atoms with E-state index in [1.807, 2.05) is 30.3 Å². The van der Waals surface area contributed by atoms with Gasteiger partial charge in [-0.1, -0.05) is 36.4 Å². The maximum Gasteiger partial charge on any atom is 0.137 e. The van der Waals surface area contributed by atoms with Gasteiger partial charge in [0.25, 0.3) is 0 Å². The molecule has 0 aliphatic rings. The SMILES string of the molecule is Fc1cccc(-c2ccccc2-c2ncc[nH]2)c1. The van der Waals surface area contributed by atoms with Crippen LogP contribution in [0.5, 0.6) is 0 Å². The normalized spacial score (nSPS) is 10.5. The van der Waals surface area contributed by atoms with Crippen molar-refractivity contribution < 1.29 is 4.39 Å². The van der Waals surface area contributed by atoms with E-state index in [1.165, 1.54) is 12.1 Å². The Morgan fingerprint density at radius 1 is 0.944 bits per heavy atom. The summed E-state index contributed by atoms with van der Waals surface area (Å²) in [6, 6.07) is 14.4. The van der Waals surface area contributed by atoms with E-state index < -0.39 is 0 Å². The minimum Gasteiger partial charge on any atom is -0.345 e. The number of aromatic amines is 1. The van der Waals surface area contributed by atoms with Gasteiger partial charge in [-0.05, 0) is 23.3 Å². The van der Waals surface area contributed by atoms with Gasteiger partial charge in [0.2, 0.25) is 0 Å². The summed E-state index contributed by atoms with van der Waals surface area (Å²) in [6.07, 6.45) is 3.48. The van der Waals surface area contributed by atoms with Gasteiger partial charge in [0, 0.05) is 18.0 Å². The van der Waals surface area contributed by atoms with E-state index in [0.29, 0.717) is 0 Å². The second-order valence-corrected chi connectivity index (χ2v) is 3.99. The zero-order chi connectivity index (χ0) is 12.4. The monoisotopic (exact) mass is 238 g/mol. The molecule has 2 aromatic carbocycles. The van der Waals surface area contributed by atoms with Crippen molar-refractivity contribution in [1.82, 2.24) is 9.97 Å². The van der Waals surface area contributed by atoms with Gasteiger partial charge in [0.05, 0.1) is 0 Å². The number of hydrogen-bond donors (Lipinski definition) is 1. The van der Waals surface area contributed by atoms with Crippen LogP contribution >= 0.6 is 0 Å². The lowest BCUT2D eigenvalue weighted by molar-refractivity contribution is 0.628. The molecular formula is C15H11FN2. The molecule has 0 saturated heterocycles. The number of halogens is 1. The van der Waals surface area contributed by atoms with Gasteiger partial charge in [0.15, 0.2) is 0 Å². The molecule has 1 heterocycles. The number of nitrogens with zero attached hydrogens (tertiary/aromatic N) is 1. The molecule has 3 aromatic rings. The highest BCUT2D eigenvalue weighted by molar-refractivity contribution is 5.80. The molecule has 0 bridgehead atoms. The van der Waals surface area contributed by atoms with Gasteiger partial charge >= 0.3 is 0 Å². The Kier molecular flexibility index (Phi) is 2.65. The first kappa shape index (κ1) is 10.7. The molecule has 0 radical (unpaired) electrons. The van der Waals surface area contributed by atoms with Gasteiger partial charge in [-0.3, -0.25) is 0 Å². The highest BCUT2D eigenvalue weighted by Gasteiger charge is 2.08. The van der Waals surface area contributed by atoms with Crippen LogP contribution in [0.25, 0.3) is 22.5 Å². The zero-order valence-electron chi connectivity index (χ0n) is 9.60. The van der Waals surface area contributed by atoms with Crippen LogP contribution < -0.4 is 0 Å². The first-order valence-electron chi connectivity index (χ1n) is 5.69. The van der Waals surface area contributed by atoms with Crippen molar-refractivity contribution in [2.24, 2.45) is 0 Å². The second kappa shape index (κ2) is 4.45. The second-order valence-electron chi connectivity index (χ2n) is 3.99. The van der Waals surface area contributed by atoms with Crippen molar-refractivity contribution in [3.63, 3.8) is 0 Å². The molecule has 0 amide bonds. The first-order valence-corrected chi connectivity index (χ1v) is 5.69. The lowest BCUT2D eigenvalue weighted by atomic mass is 9.99. The molecule has 0 spiro atoms. The van der Waals surface area contributed by atoms with Crippen molar-refractivity contribution in [1.29, 1.82) is 0 Å². The third-order valence-electron chi connectivity index (χ3n) is 2.82. The summed E-state index contributed by atoms with van der Waals surface area (Å²) in [5.74, 6) is 0.552. The number of aromatic nitrogens is 2. The third kappa shape index (κ3) is 1.91. The van der Waals surface area contributed by atoms with Crippen molar-refractivity contribution in [3.8, 4) is 22.5 Å². The fourth-order valence-corrected chi connectivity index (χ4v) is 2.01. The molecule has 1 N–H and O–H groups in total. The quantitative estimate of drug-likeness (QED) is 0.721. The van der Waals surface area contributed by atoms with Gasteiger partial charge < -0.3 is 4.98 Å². The van der Waals surface area contributed by atoms with Crippen LogP contribution in [0.2, 0.25) is 0 Å². The van der Waals surface area contributed by atoms with E-state index in [0.717, 1.165) is 22.5 Å². The van der Waals surface area contributed by atoms with E-state index in [-0.39, 0.29) is 5.82 Å².